The highest BCUT2D eigenvalue weighted by Crippen LogP contribution is 2.16. The minimum atomic E-state index is -0.238. The van der Waals surface area contributed by atoms with E-state index in [1.807, 2.05) is 36.4 Å². The highest BCUT2D eigenvalue weighted by atomic mass is 16.5. The van der Waals surface area contributed by atoms with E-state index in [0.717, 1.165) is 17.6 Å². The zero-order valence-electron chi connectivity index (χ0n) is 10.1. The molecule has 0 saturated heterocycles. The maximum Gasteiger partial charge on any atom is 0.333 e. The number of rotatable bonds is 4. The number of ether oxygens (including phenoxy) is 1. The minimum absolute atomic E-state index is 0.238. The third kappa shape index (κ3) is 3.89. The van der Waals surface area contributed by atoms with E-state index >= 15 is 0 Å². The molecule has 1 rings (SSSR count). The Bertz CT molecular complexity index is 364. The van der Waals surface area contributed by atoms with Crippen molar-refractivity contribution in [2.45, 2.75) is 20.3 Å². The number of methoxy groups -OCH3 is 1. The molecule has 0 aliphatic carbocycles. The summed E-state index contributed by atoms with van der Waals surface area (Å²) in [5.41, 5.74) is 1.76. The van der Waals surface area contributed by atoms with Crippen LogP contribution in [0.15, 0.2) is 35.9 Å². The van der Waals surface area contributed by atoms with Crippen molar-refractivity contribution in [3.63, 3.8) is 0 Å². The van der Waals surface area contributed by atoms with Crippen LogP contribution >= 0.6 is 0 Å². The Morgan fingerprint density at radius 2 is 1.94 bits per heavy atom. The number of carbonyl (C=O) groups is 1. The van der Waals surface area contributed by atoms with Gasteiger partial charge in [-0.05, 0) is 24.0 Å². The van der Waals surface area contributed by atoms with E-state index in [1.165, 1.54) is 7.11 Å². The van der Waals surface area contributed by atoms with E-state index < -0.39 is 0 Å². The SMILES string of the molecule is COC(=O)/C(=C/c1ccccc1)CC(C)C. The molecule has 0 atom stereocenters. The van der Waals surface area contributed by atoms with Gasteiger partial charge in [0.2, 0.25) is 0 Å². The summed E-state index contributed by atoms with van der Waals surface area (Å²) in [5.74, 6) is 0.201. The first-order valence-corrected chi connectivity index (χ1v) is 5.47. The van der Waals surface area contributed by atoms with E-state index in [4.69, 9.17) is 4.74 Å². The van der Waals surface area contributed by atoms with Crippen molar-refractivity contribution in [1.82, 2.24) is 0 Å². The van der Waals surface area contributed by atoms with Gasteiger partial charge in [-0.1, -0.05) is 44.2 Å². The Hall–Kier alpha value is -1.57. The second-order valence-electron chi connectivity index (χ2n) is 4.17. The lowest BCUT2D eigenvalue weighted by Crippen LogP contribution is -2.07. The first kappa shape index (κ1) is 12.5. The summed E-state index contributed by atoms with van der Waals surface area (Å²) in [7, 11) is 1.42. The monoisotopic (exact) mass is 218 g/mol. The van der Waals surface area contributed by atoms with Crippen LogP contribution in [0.1, 0.15) is 25.8 Å². The molecule has 1 aromatic rings. The summed E-state index contributed by atoms with van der Waals surface area (Å²) in [6, 6.07) is 9.82. The van der Waals surface area contributed by atoms with Crippen LogP contribution < -0.4 is 0 Å². The number of hydrogen-bond acceptors (Lipinski definition) is 2. The Kier molecular flexibility index (Phi) is 4.77. The van der Waals surface area contributed by atoms with Crippen LogP contribution in [0.25, 0.3) is 6.08 Å². The van der Waals surface area contributed by atoms with Crippen LogP contribution in [0.4, 0.5) is 0 Å². The maximum atomic E-state index is 11.6. The summed E-state index contributed by atoms with van der Waals surface area (Å²) in [5, 5.41) is 0. The fourth-order valence-corrected chi connectivity index (χ4v) is 1.52. The third-order valence-corrected chi connectivity index (χ3v) is 2.22. The lowest BCUT2D eigenvalue weighted by molar-refractivity contribution is -0.136. The van der Waals surface area contributed by atoms with Gasteiger partial charge in [0.25, 0.3) is 0 Å². The number of esters is 1. The number of hydrogen-bond donors (Lipinski definition) is 0. The molecule has 0 N–H and O–H groups in total. The predicted molar refractivity (Wildman–Crippen MR) is 65.9 cm³/mol. The normalized spacial score (nSPS) is 11.6. The summed E-state index contributed by atoms with van der Waals surface area (Å²) >= 11 is 0. The Labute approximate surface area is 96.9 Å². The number of carbonyl (C=O) groups excluding carboxylic acids is 1. The molecule has 0 aliphatic heterocycles. The van der Waals surface area contributed by atoms with Crippen molar-refractivity contribution in [2.24, 2.45) is 5.92 Å². The lowest BCUT2D eigenvalue weighted by atomic mass is 10.0. The van der Waals surface area contributed by atoms with E-state index in [0.29, 0.717) is 5.92 Å². The molecule has 0 spiro atoms. The van der Waals surface area contributed by atoms with Gasteiger partial charge >= 0.3 is 5.97 Å². The molecular weight excluding hydrogens is 200 g/mol. The van der Waals surface area contributed by atoms with Gasteiger partial charge in [0, 0.05) is 5.57 Å². The molecule has 16 heavy (non-hydrogen) atoms. The molecule has 2 nitrogen and oxygen atoms in total. The molecule has 0 aromatic heterocycles. The average Bonchev–Trinajstić information content (AvgIpc) is 2.28. The number of benzene rings is 1. The standard InChI is InChI=1S/C14H18O2/c1-11(2)9-13(14(15)16-3)10-12-7-5-4-6-8-12/h4-8,10-11H,9H2,1-3H3/b13-10+. The highest BCUT2D eigenvalue weighted by molar-refractivity contribution is 5.93. The van der Waals surface area contributed by atoms with Gasteiger partial charge in [-0.25, -0.2) is 4.79 Å². The second kappa shape index (κ2) is 6.11. The van der Waals surface area contributed by atoms with Crippen LogP contribution in [0.5, 0.6) is 0 Å². The Morgan fingerprint density at radius 3 is 2.44 bits per heavy atom. The summed E-state index contributed by atoms with van der Waals surface area (Å²) in [4.78, 5) is 11.6. The van der Waals surface area contributed by atoms with Crippen LogP contribution in [0, 0.1) is 5.92 Å². The summed E-state index contributed by atoms with van der Waals surface area (Å²) < 4.78 is 4.78. The van der Waals surface area contributed by atoms with Crippen molar-refractivity contribution < 1.29 is 9.53 Å². The molecule has 0 radical (unpaired) electrons. The van der Waals surface area contributed by atoms with Crippen molar-refractivity contribution >= 4 is 12.0 Å². The fraction of sp³-hybridized carbons (Fsp3) is 0.357. The zero-order valence-corrected chi connectivity index (χ0v) is 10.1. The van der Waals surface area contributed by atoms with Crippen molar-refractivity contribution in [3.05, 3.63) is 41.5 Å². The van der Waals surface area contributed by atoms with Crippen LogP contribution in [0.2, 0.25) is 0 Å². The zero-order chi connectivity index (χ0) is 12.0. The third-order valence-electron chi connectivity index (χ3n) is 2.22. The lowest BCUT2D eigenvalue weighted by Gasteiger charge is -2.08. The first-order chi connectivity index (χ1) is 7.63. The van der Waals surface area contributed by atoms with E-state index in [9.17, 15) is 4.79 Å². The molecule has 86 valence electrons. The van der Waals surface area contributed by atoms with Crippen LogP contribution in [-0.2, 0) is 9.53 Å². The molecule has 0 aliphatic rings. The van der Waals surface area contributed by atoms with Gasteiger partial charge in [-0.2, -0.15) is 0 Å². The second-order valence-corrected chi connectivity index (χ2v) is 4.17. The van der Waals surface area contributed by atoms with Gasteiger partial charge in [-0.15, -0.1) is 0 Å². The van der Waals surface area contributed by atoms with Gasteiger partial charge < -0.3 is 4.74 Å². The summed E-state index contributed by atoms with van der Waals surface area (Å²) in [6.45, 7) is 4.17. The van der Waals surface area contributed by atoms with Crippen molar-refractivity contribution in [1.29, 1.82) is 0 Å². The highest BCUT2D eigenvalue weighted by Gasteiger charge is 2.11. The molecule has 1 aromatic carbocycles. The molecule has 0 bridgehead atoms. The Balaban J connectivity index is 2.92. The Morgan fingerprint density at radius 1 is 1.31 bits per heavy atom. The smallest absolute Gasteiger partial charge is 0.333 e. The molecule has 2 heteroatoms. The molecular formula is C14H18O2. The maximum absolute atomic E-state index is 11.6. The topological polar surface area (TPSA) is 26.3 Å². The molecule has 0 saturated carbocycles. The fourth-order valence-electron chi connectivity index (χ4n) is 1.52. The van der Waals surface area contributed by atoms with Gasteiger partial charge in [-0.3, -0.25) is 0 Å². The molecule has 0 unspecified atom stereocenters. The van der Waals surface area contributed by atoms with Gasteiger partial charge in [0.1, 0.15) is 0 Å². The van der Waals surface area contributed by atoms with E-state index in [-0.39, 0.29) is 5.97 Å². The van der Waals surface area contributed by atoms with Gasteiger partial charge in [0.15, 0.2) is 0 Å². The van der Waals surface area contributed by atoms with Crippen molar-refractivity contribution in [3.8, 4) is 0 Å². The van der Waals surface area contributed by atoms with Crippen molar-refractivity contribution in [2.75, 3.05) is 7.11 Å². The van der Waals surface area contributed by atoms with Gasteiger partial charge in [0.05, 0.1) is 7.11 Å². The first-order valence-electron chi connectivity index (χ1n) is 5.47. The van der Waals surface area contributed by atoms with Crippen LogP contribution in [-0.4, -0.2) is 13.1 Å². The molecule has 0 fully saturated rings. The predicted octanol–water partition coefficient (Wildman–Crippen LogP) is 3.29. The van der Waals surface area contributed by atoms with E-state index in [1.54, 1.807) is 0 Å². The van der Waals surface area contributed by atoms with E-state index in [2.05, 4.69) is 13.8 Å². The average molecular weight is 218 g/mol. The van der Waals surface area contributed by atoms with Crippen LogP contribution in [0.3, 0.4) is 0 Å². The quantitative estimate of drug-likeness (QED) is 0.572. The largest absolute Gasteiger partial charge is 0.466 e. The molecule has 0 amide bonds. The summed E-state index contributed by atoms with van der Waals surface area (Å²) in [6.07, 6.45) is 2.63. The minimum Gasteiger partial charge on any atom is -0.466 e. The molecule has 0 heterocycles.